The third kappa shape index (κ3) is 3.14. The van der Waals surface area contributed by atoms with Crippen LogP contribution in [0.1, 0.15) is 27.8 Å². The van der Waals surface area contributed by atoms with E-state index in [-0.39, 0.29) is 17.9 Å². The van der Waals surface area contributed by atoms with Gasteiger partial charge in [-0.2, -0.15) is 5.10 Å². The van der Waals surface area contributed by atoms with Gasteiger partial charge in [-0.1, -0.05) is 24.3 Å². The summed E-state index contributed by atoms with van der Waals surface area (Å²) in [5.41, 5.74) is 1.86. The number of aromatic carboxylic acids is 1. The molecule has 0 saturated carbocycles. The van der Waals surface area contributed by atoms with Gasteiger partial charge in [-0.05, 0) is 37.3 Å². The molecule has 28 heavy (non-hydrogen) atoms. The van der Waals surface area contributed by atoms with Crippen LogP contribution in [0.5, 0.6) is 0 Å². The fourth-order valence-corrected chi connectivity index (χ4v) is 2.93. The number of carbonyl (C=O) groups excluding carboxylic acids is 1. The Labute approximate surface area is 159 Å². The number of carbonyl (C=O) groups is 2. The second kappa shape index (κ2) is 7.03. The summed E-state index contributed by atoms with van der Waals surface area (Å²) >= 11 is 0. The van der Waals surface area contributed by atoms with Crippen molar-refractivity contribution in [3.05, 3.63) is 71.9 Å². The number of nitrogens with zero attached hydrogens (tertiary/aromatic N) is 2. The van der Waals surface area contributed by atoms with E-state index in [1.807, 2.05) is 30.3 Å². The molecule has 0 fully saturated rings. The molecular weight excluding hydrogens is 360 g/mol. The highest BCUT2D eigenvalue weighted by molar-refractivity contribution is 5.91. The number of ether oxygens (including phenoxy) is 1. The Morgan fingerprint density at radius 2 is 1.93 bits per heavy atom. The van der Waals surface area contributed by atoms with Crippen LogP contribution in [0.4, 0.5) is 0 Å². The normalized spacial score (nSPS) is 10.9. The molecule has 4 rings (SSSR count). The minimum atomic E-state index is -1.07. The summed E-state index contributed by atoms with van der Waals surface area (Å²) in [5.74, 6) is -1.12. The third-order valence-electron chi connectivity index (χ3n) is 4.21. The molecule has 1 N–H and O–H groups in total. The van der Waals surface area contributed by atoms with E-state index in [9.17, 15) is 14.7 Å². The number of hydrogen-bond donors (Lipinski definition) is 1. The van der Waals surface area contributed by atoms with Crippen molar-refractivity contribution in [2.24, 2.45) is 0 Å². The van der Waals surface area contributed by atoms with Crippen LogP contribution in [-0.2, 0) is 4.74 Å². The third-order valence-corrected chi connectivity index (χ3v) is 4.21. The van der Waals surface area contributed by atoms with E-state index in [2.05, 4.69) is 5.10 Å². The van der Waals surface area contributed by atoms with Gasteiger partial charge in [0.2, 0.25) is 0 Å². The maximum Gasteiger partial charge on any atom is 0.357 e. The smallest absolute Gasteiger partial charge is 0.357 e. The highest BCUT2D eigenvalue weighted by atomic mass is 16.5. The first-order valence-corrected chi connectivity index (χ1v) is 8.66. The summed E-state index contributed by atoms with van der Waals surface area (Å²) in [4.78, 5) is 23.7. The summed E-state index contributed by atoms with van der Waals surface area (Å²) in [6.45, 7) is 1.92. The van der Waals surface area contributed by atoms with Crippen LogP contribution < -0.4 is 0 Å². The van der Waals surface area contributed by atoms with Crippen LogP contribution in [0.25, 0.3) is 28.1 Å². The average molecular weight is 376 g/mol. The van der Waals surface area contributed by atoms with E-state index < -0.39 is 11.9 Å². The van der Waals surface area contributed by atoms with Crippen molar-refractivity contribution in [2.75, 3.05) is 6.61 Å². The molecular formula is C21H16N2O5. The zero-order valence-corrected chi connectivity index (χ0v) is 15.0. The average Bonchev–Trinajstić information content (AvgIpc) is 3.32. The van der Waals surface area contributed by atoms with Crippen molar-refractivity contribution in [1.82, 2.24) is 9.78 Å². The number of aromatic nitrogens is 2. The molecule has 0 unspecified atom stereocenters. The quantitative estimate of drug-likeness (QED) is 0.526. The summed E-state index contributed by atoms with van der Waals surface area (Å²) in [5, 5.41) is 14.6. The Morgan fingerprint density at radius 1 is 1.11 bits per heavy atom. The predicted molar refractivity (Wildman–Crippen MR) is 102 cm³/mol. The second-order valence-electron chi connectivity index (χ2n) is 6.05. The summed E-state index contributed by atoms with van der Waals surface area (Å²) < 4.78 is 12.3. The molecule has 0 radical (unpaired) electrons. The number of benzene rings is 2. The number of carboxylic acid groups (broad SMARTS) is 1. The SMILES string of the molecule is CCOC(=O)c1cc(-c2cc3ccccc3o2)nn1-c1cccc(C(=O)O)c1. The van der Waals surface area contributed by atoms with Crippen LogP contribution in [0.2, 0.25) is 0 Å². The molecule has 0 aliphatic heterocycles. The molecule has 0 saturated heterocycles. The number of fused-ring (bicyclic) bond motifs is 1. The van der Waals surface area contributed by atoms with Crippen molar-refractivity contribution in [1.29, 1.82) is 0 Å². The molecule has 0 aliphatic carbocycles. The highest BCUT2D eigenvalue weighted by Gasteiger charge is 2.21. The van der Waals surface area contributed by atoms with Crippen molar-refractivity contribution < 1.29 is 23.8 Å². The fraction of sp³-hybridized carbons (Fsp3) is 0.0952. The number of esters is 1. The zero-order chi connectivity index (χ0) is 19.7. The van der Waals surface area contributed by atoms with Crippen LogP contribution in [0, 0.1) is 0 Å². The first-order valence-electron chi connectivity index (χ1n) is 8.66. The Kier molecular flexibility index (Phi) is 4.41. The lowest BCUT2D eigenvalue weighted by Gasteiger charge is -2.07. The number of carboxylic acids is 1. The van der Waals surface area contributed by atoms with Gasteiger partial charge in [-0.15, -0.1) is 0 Å². The Bertz CT molecular complexity index is 1160. The van der Waals surface area contributed by atoms with Gasteiger partial charge in [-0.25, -0.2) is 14.3 Å². The van der Waals surface area contributed by atoms with Gasteiger partial charge in [0.05, 0.1) is 17.9 Å². The fourth-order valence-electron chi connectivity index (χ4n) is 2.93. The first kappa shape index (κ1) is 17.5. The predicted octanol–water partition coefficient (Wildman–Crippen LogP) is 4.16. The maximum absolute atomic E-state index is 12.4. The van der Waals surface area contributed by atoms with Crippen LogP contribution in [0.3, 0.4) is 0 Å². The Hall–Kier alpha value is -3.87. The van der Waals surface area contributed by atoms with Gasteiger partial charge in [0.15, 0.2) is 11.5 Å². The molecule has 7 heteroatoms. The van der Waals surface area contributed by atoms with Gasteiger partial charge in [0.1, 0.15) is 11.3 Å². The van der Waals surface area contributed by atoms with Crippen LogP contribution >= 0.6 is 0 Å². The molecule has 140 valence electrons. The summed E-state index contributed by atoms with van der Waals surface area (Å²) in [6.07, 6.45) is 0. The van der Waals surface area contributed by atoms with Gasteiger partial charge in [0.25, 0.3) is 0 Å². The molecule has 2 heterocycles. The molecule has 0 spiro atoms. The molecule has 0 bridgehead atoms. The van der Waals surface area contributed by atoms with E-state index >= 15 is 0 Å². The number of para-hydroxylation sites is 1. The lowest BCUT2D eigenvalue weighted by molar-refractivity contribution is 0.0515. The molecule has 7 nitrogen and oxygen atoms in total. The molecule has 2 aromatic carbocycles. The molecule has 2 aromatic heterocycles. The standard InChI is InChI=1S/C21H16N2O5/c1-2-27-21(26)17-12-16(19-11-13-6-3-4-9-18(13)28-19)22-23(17)15-8-5-7-14(10-15)20(24)25/h3-12H,2H2,1H3,(H,24,25). The van der Waals surface area contributed by atoms with E-state index in [1.54, 1.807) is 25.1 Å². The van der Waals surface area contributed by atoms with Gasteiger partial charge < -0.3 is 14.3 Å². The largest absolute Gasteiger partial charge is 0.478 e. The number of hydrogen-bond acceptors (Lipinski definition) is 5. The monoisotopic (exact) mass is 376 g/mol. The van der Waals surface area contributed by atoms with E-state index in [0.717, 1.165) is 5.39 Å². The lowest BCUT2D eigenvalue weighted by Crippen LogP contribution is -2.12. The second-order valence-corrected chi connectivity index (χ2v) is 6.05. The minimum absolute atomic E-state index is 0.0908. The van der Waals surface area contributed by atoms with Gasteiger partial charge >= 0.3 is 11.9 Å². The van der Waals surface area contributed by atoms with Crippen LogP contribution in [0.15, 0.2) is 65.1 Å². The molecule has 0 atom stereocenters. The Balaban J connectivity index is 1.86. The zero-order valence-electron chi connectivity index (χ0n) is 15.0. The lowest BCUT2D eigenvalue weighted by atomic mass is 10.2. The van der Waals surface area contributed by atoms with Crippen LogP contribution in [-0.4, -0.2) is 33.4 Å². The Morgan fingerprint density at radius 3 is 2.68 bits per heavy atom. The molecule has 0 amide bonds. The van der Waals surface area contributed by atoms with E-state index in [0.29, 0.717) is 22.7 Å². The summed E-state index contributed by atoms with van der Waals surface area (Å²) in [7, 11) is 0. The number of rotatable bonds is 5. The van der Waals surface area contributed by atoms with E-state index in [4.69, 9.17) is 9.15 Å². The van der Waals surface area contributed by atoms with E-state index in [1.165, 1.54) is 16.8 Å². The summed E-state index contributed by atoms with van der Waals surface area (Å²) in [6, 6.07) is 17.1. The van der Waals surface area contributed by atoms with Gasteiger partial charge in [0, 0.05) is 11.5 Å². The van der Waals surface area contributed by atoms with Gasteiger partial charge in [-0.3, -0.25) is 0 Å². The maximum atomic E-state index is 12.4. The topological polar surface area (TPSA) is 94.6 Å². The van der Waals surface area contributed by atoms with Crippen molar-refractivity contribution in [3.63, 3.8) is 0 Å². The van der Waals surface area contributed by atoms with Crippen molar-refractivity contribution in [3.8, 4) is 17.1 Å². The number of furan rings is 1. The minimum Gasteiger partial charge on any atom is -0.478 e. The molecule has 0 aliphatic rings. The first-order chi connectivity index (χ1) is 13.6. The highest BCUT2D eigenvalue weighted by Crippen LogP contribution is 2.28. The molecule has 4 aromatic rings. The van der Waals surface area contributed by atoms with Crippen molar-refractivity contribution >= 4 is 22.9 Å². The van der Waals surface area contributed by atoms with Crippen molar-refractivity contribution in [2.45, 2.75) is 6.92 Å².